The van der Waals surface area contributed by atoms with Crippen LogP contribution in [0.1, 0.15) is 16.7 Å². The van der Waals surface area contributed by atoms with Crippen molar-refractivity contribution >= 4 is 23.3 Å². The fraction of sp³-hybridized carbons (Fsp3) is 0.0769. The molecule has 0 aliphatic rings. The van der Waals surface area contributed by atoms with E-state index in [2.05, 4.69) is 10.3 Å². The van der Waals surface area contributed by atoms with Gasteiger partial charge in [-0.3, -0.25) is 14.0 Å². The summed E-state index contributed by atoms with van der Waals surface area (Å²) in [5.74, 6) is -0.162. The molecule has 7 heteroatoms. The van der Waals surface area contributed by atoms with E-state index in [1.807, 2.05) is 38.1 Å². The molecule has 0 saturated carbocycles. The van der Waals surface area contributed by atoms with E-state index in [1.54, 1.807) is 54.7 Å². The molecule has 2 heterocycles. The number of anilines is 1. The summed E-state index contributed by atoms with van der Waals surface area (Å²) >= 11 is 0. The van der Waals surface area contributed by atoms with E-state index < -0.39 is 11.5 Å². The van der Waals surface area contributed by atoms with Crippen molar-refractivity contribution in [2.24, 2.45) is 0 Å². The monoisotopic (exact) mass is 436 g/mol. The molecule has 162 valence electrons. The van der Waals surface area contributed by atoms with Gasteiger partial charge in [0.1, 0.15) is 28.6 Å². The minimum atomic E-state index is -0.635. The highest BCUT2D eigenvalue weighted by molar-refractivity contribution is 6.09. The third kappa shape index (κ3) is 4.65. The third-order valence-electron chi connectivity index (χ3n) is 5.11. The van der Waals surface area contributed by atoms with Gasteiger partial charge in [0.05, 0.1) is 0 Å². The predicted octanol–water partition coefficient (Wildman–Crippen LogP) is 4.65. The zero-order valence-electron chi connectivity index (χ0n) is 18.1. The van der Waals surface area contributed by atoms with E-state index in [0.717, 1.165) is 11.1 Å². The van der Waals surface area contributed by atoms with Crippen molar-refractivity contribution in [2.75, 3.05) is 5.32 Å². The second kappa shape index (κ2) is 9.20. The number of ether oxygens (including phenoxy) is 1. The molecule has 0 aliphatic carbocycles. The number of aromatic nitrogens is 2. The molecule has 2 aromatic heterocycles. The van der Waals surface area contributed by atoms with Crippen LogP contribution in [0.4, 0.5) is 5.69 Å². The first-order chi connectivity index (χ1) is 16.0. The Labute approximate surface area is 190 Å². The normalized spacial score (nSPS) is 11.1. The summed E-state index contributed by atoms with van der Waals surface area (Å²) < 4.78 is 7.19. The van der Waals surface area contributed by atoms with Gasteiger partial charge in [0.2, 0.25) is 5.88 Å². The number of amides is 1. The lowest BCUT2D eigenvalue weighted by Gasteiger charge is -2.10. The largest absolute Gasteiger partial charge is 0.438 e. The Kier molecular flexibility index (Phi) is 6.00. The van der Waals surface area contributed by atoms with Gasteiger partial charge in [-0.05, 0) is 67.4 Å². The van der Waals surface area contributed by atoms with Gasteiger partial charge in [-0.25, -0.2) is 0 Å². The minimum absolute atomic E-state index is 0.00382. The fourth-order valence-corrected chi connectivity index (χ4v) is 3.19. The first-order valence-electron chi connectivity index (χ1n) is 10.2. The highest BCUT2D eigenvalue weighted by atomic mass is 16.5. The lowest BCUT2D eigenvalue weighted by atomic mass is 10.1. The molecule has 0 bridgehead atoms. The number of hydrogen-bond acceptors (Lipinski definition) is 5. The Balaban J connectivity index is 1.78. The van der Waals surface area contributed by atoms with Gasteiger partial charge in [0.15, 0.2) is 0 Å². The number of para-hydroxylation sites is 1. The lowest BCUT2D eigenvalue weighted by molar-refractivity contribution is -0.112. The second-order valence-corrected chi connectivity index (χ2v) is 7.40. The van der Waals surface area contributed by atoms with Crippen LogP contribution in [0.3, 0.4) is 0 Å². The number of hydrogen-bond donors (Lipinski definition) is 1. The summed E-state index contributed by atoms with van der Waals surface area (Å²) in [6, 6.07) is 21.3. The molecule has 1 amide bonds. The van der Waals surface area contributed by atoms with Gasteiger partial charge in [-0.15, -0.1) is 0 Å². The SMILES string of the molecule is Cc1ccc(NC(=O)/C(C#N)=C/c2c(Oc3ccccc3)nc3ccccn3c2=O)cc1C. The molecule has 0 fully saturated rings. The summed E-state index contributed by atoms with van der Waals surface area (Å²) in [6.45, 7) is 3.90. The standard InChI is InChI=1S/C26H20N4O3/c1-17-11-12-20(14-18(17)2)28-24(31)19(16-27)15-22-25(33-21-8-4-3-5-9-21)29-23-10-6-7-13-30(23)26(22)32/h3-15H,1-2H3,(H,28,31)/b19-15+. The number of aryl methyl sites for hydroxylation is 2. The van der Waals surface area contributed by atoms with E-state index >= 15 is 0 Å². The summed E-state index contributed by atoms with van der Waals surface area (Å²) in [4.78, 5) is 30.5. The number of nitrogens with zero attached hydrogens (tertiary/aromatic N) is 3. The van der Waals surface area contributed by atoms with Crippen LogP contribution < -0.4 is 15.6 Å². The lowest BCUT2D eigenvalue weighted by Crippen LogP contribution is -2.20. The van der Waals surface area contributed by atoms with E-state index in [1.165, 1.54) is 10.5 Å². The van der Waals surface area contributed by atoms with Gasteiger partial charge in [-0.2, -0.15) is 10.2 Å². The van der Waals surface area contributed by atoms with E-state index in [0.29, 0.717) is 17.1 Å². The van der Waals surface area contributed by atoms with Crippen molar-refractivity contribution in [3.63, 3.8) is 0 Å². The van der Waals surface area contributed by atoms with Crippen LogP contribution >= 0.6 is 0 Å². The van der Waals surface area contributed by atoms with Crippen LogP contribution in [0.5, 0.6) is 11.6 Å². The average Bonchev–Trinajstić information content (AvgIpc) is 2.82. The molecule has 33 heavy (non-hydrogen) atoms. The number of carbonyl (C=O) groups is 1. The molecular weight excluding hydrogens is 416 g/mol. The van der Waals surface area contributed by atoms with Crippen LogP contribution in [0.25, 0.3) is 11.7 Å². The molecule has 4 rings (SSSR count). The molecule has 0 unspecified atom stereocenters. The van der Waals surface area contributed by atoms with Gasteiger partial charge in [-0.1, -0.05) is 30.3 Å². The molecule has 0 aliphatic heterocycles. The first-order valence-corrected chi connectivity index (χ1v) is 10.2. The number of rotatable bonds is 5. The number of benzene rings is 2. The Morgan fingerprint density at radius 2 is 1.82 bits per heavy atom. The smallest absolute Gasteiger partial charge is 0.269 e. The Morgan fingerprint density at radius 3 is 2.55 bits per heavy atom. The Hall–Kier alpha value is -4.70. The third-order valence-corrected chi connectivity index (χ3v) is 5.11. The Morgan fingerprint density at radius 1 is 1.06 bits per heavy atom. The molecular formula is C26H20N4O3. The van der Waals surface area contributed by atoms with Crippen molar-refractivity contribution in [2.45, 2.75) is 13.8 Å². The summed E-state index contributed by atoms with van der Waals surface area (Å²) in [5, 5.41) is 12.4. The van der Waals surface area contributed by atoms with Crippen LogP contribution in [0.2, 0.25) is 0 Å². The topological polar surface area (TPSA) is 96.5 Å². The molecule has 0 saturated heterocycles. The maximum absolute atomic E-state index is 13.2. The van der Waals surface area contributed by atoms with Crippen molar-refractivity contribution < 1.29 is 9.53 Å². The maximum atomic E-state index is 13.2. The van der Waals surface area contributed by atoms with Crippen molar-refractivity contribution in [1.29, 1.82) is 5.26 Å². The van der Waals surface area contributed by atoms with Crippen LogP contribution in [-0.2, 0) is 4.79 Å². The van der Waals surface area contributed by atoms with Gasteiger partial charge in [0, 0.05) is 11.9 Å². The summed E-state index contributed by atoms with van der Waals surface area (Å²) in [5.41, 5.74) is 2.31. The van der Waals surface area contributed by atoms with Crippen molar-refractivity contribution in [3.8, 4) is 17.7 Å². The molecule has 0 atom stereocenters. The quantitative estimate of drug-likeness (QED) is 0.363. The zero-order valence-corrected chi connectivity index (χ0v) is 18.1. The molecule has 4 aromatic rings. The summed E-state index contributed by atoms with van der Waals surface area (Å²) in [7, 11) is 0. The Bertz CT molecular complexity index is 1480. The number of pyridine rings is 1. The molecule has 1 N–H and O–H groups in total. The predicted molar refractivity (Wildman–Crippen MR) is 126 cm³/mol. The van der Waals surface area contributed by atoms with E-state index in [9.17, 15) is 14.9 Å². The van der Waals surface area contributed by atoms with Crippen molar-refractivity contribution in [3.05, 3.63) is 106 Å². The van der Waals surface area contributed by atoms with Crippen LogP contribution in [-0.4, -0.2) is 15.3 Å². The summed E-state index contributed by atoms with van der Waals surface area (Å²) in [6.07, 6.45) is 2.78. The van der Waals surface area contributed by atoms with Gasteiger partial charge < -0.3 is 10.1 Å². The number of fused-ring (bicyclic) bond motifs is 1. The molecule has 0 radical (unpaired) electrons. The molecule has 2 aromatic carbocycles. The van der Waals surface area contributed by atoms with Gasteiger partial charge >= 0.3 is 0 Å². The number of nitriles is 1. The van der Waals surface area contributed by atoms with Crippen LogP contribution in [0, 0.1) is 25.2 Å². The molecule has 0 spiro atoms. The van der Waals surface area contributed by atoms with Gasteiger partial charge in [0.25, 0.3) is 11.5 Å². The second-order valence-electron chi connectivity index (χ2n) is 7.40. The average molecular weight is 436 g/mol. The highest BCUT2D eigenvalue weighted by Gasteiger charge is 2.17. The number of carbonyl (C=O) groups excluding carboxylic acids is 1. The maximum Gasteiger partial charge on any atom is 0.269 e. The first kappa shape index (κ1) is 21.5. The fourth-order valence-electron chi connectivity index (χ4n) is 3.19. The van der Waals surface area contributed by atoms with Crippen molar-refractivity contribution in [1.82, 2.24) is 9.38 Å². The highest BCUT2D eigenvalue weighted by Crippen LogP contribution is 2.24. The minimum Gasteiger partial charge on any atom is -0.438 e. The van der Waals surface area contributed by atoms with Crippen LogP contribution in [0.15, 0.2) is 83.3 Å². The zero-order chi connectivity index (χ0) is 23.4. The molecule has 7 nitrogen and oxygen atoms in total. The number of nitrogens with one attached hydrogen (secondary N) is 1. The van der Waals surface area contributed by atoms with E-state index in [4.69, 9.17) is 4.74 Å². The van der Waals surface area contributed by atoms with E-state index in [-0.39, 0.29) is 17.0 Å².